The van der Waals surface area contributed by atoms with Gasteiger partial charge in [0.25, 0.3) is 7.82 Å². The van der Waals surface area contributed by atoms with Crippen molar-refractivity contribution in [1.82, 2.24) is 5.32 Å². The number of aliphatic hydroxyl groups is 1. The molecule has 0 aliphatic rings. The molecule has 0 saturated carbocycles. The third-order valence-corrected chi connectivity index (χ3v) is 9.04. The molecule has 0 radical (unpaired) electrons. The van der Waals surface area contributed by atoms with Gasteiger partial charge in [-0.15, -0.1) is 0 Å². The molecule has 0 aromatic carbocycles. The molecular formula is C38H73N2O6P. The summed E-state index contributed by atoms with van der Waals surface area (Å²) < 4.78 is 23.0. The summed E-state index contributed by atoms with van der Waals surface area (Å²) in [5.74, 6) is -0.217. The van der Waals surface area contributed by atoms with Crippen LogP contribution in [0.5, 0.6) is 0 Å². The second-order valence-electron chi connectivity index (χ2n) is 13.9. The summed E-state index contributed by atoms with van der Waals surface area (Å²) in [6.07, 6.45) is 34.7. The summed E-state index contributed by atoms with van der Waals surface area (Å²) in [5, 5.41) is 13.6. The Labute approximate surface area is 289 Å². The van der Waals surface area contributed by atoms with Crippen LogP contribution in [-0.4, -0.2) is 68.5 Å². The van der Waals surface area contributed by atoms with Crippen LogP contribution in [-0.2, 0) is 18.4 Å². The molecule has 0 spiro atoms. The zero-order chi connectivity index (χ0) is 35.1. The predicted molar refractivity (Wildman–Crippen MR) is 196 cm³/mol. The number of allylic oxidation sites excluding steroid dienone is 5. The molecule has 2 N–H and O–H groups in total. The minimum Gasteiger partial charge on any atom is -0.756 e. The summed E-state index contributed by atoms with van der Waals surface area (Å²) >= 11 is 0. The fourth-order valence-electron chi connectivity index (χ4n) is 4.98. The Morgan fingerprint density at radius 2 is 1.19 bits per heavy atom. The van der Waals surface area contributed by atoms with Gasteiger partial charge in [0.05, 0.1) is 39.9 Å². The Morgan fingerprint density at radius 1 is 0.723 bits per heavy atom. The van der Waals surface area contributed by atoms with E-state index in [0.29, 0.717) is 17.4 Å². The van der Waals surface area contributed by atoms with Gasteiger partial charge in [0.2, 0.25) is 5.91 Å². The molecule has 0 heterocycles. The van der Waals surface area contributed by atoms with Crippen molar-refractivity contribution in [2.75, 3.05) is 40.9 Å². The van der Waals surface area contributed by atoms with Crippen molar-refractivity contribution in [2.45, 2.75) is 161 Å². The number of phosphoric acid groups is 1. The average molecular weight is 685 g/mol. The fourth-order valence-corrected chi connectivity index (χ4v) is 5.71. The minimum absolute atomic E-state index is 0.00781. The van der Waals surface area contributed by atoms with Crippen LogP contribution < -0.4 is 10.2 Å². The number of aliphatic hydroxyl groups excluding tert-OH is 1. The second-order valence-corrected chi connectivity index (χ2v) is 15.3. The maximum atomic E-state index is 12.7. The molecule has 1 amide bonds. The molecule has 8 nitrogen and oxygen atoms in total. The lowest BCUT2D eigenvalue weighted by Crippen LogP contribution is -2.45. The maximum absolute atomic E-state index is 12.7. The summed E-state index contributed by atoms with van der Waals surface area (Å²) in [6.45, 7) is 4.54. The number of carbonyl (C=O) groups is 1. The number of phosphoric ester groups is 1. The lowest BCUT2D eigenvalue weighted by molar-refractivity contribution is -0.870. The molecule has 276 valence electrons. The highest BCUT2D eigenvalue weighted by molar-refractivity contribution is 7.45. The van der Waals surface area contributed by atoms with Crippen LogP contribution in [0.25, 0.3) is 0 Å². The van der Waals surface area contributed by atoms with Gasteiger partial charge in [-0.2, -0.15) is 0 Å². The highest BCUT2D eigenvalue weighted by Gasteiger charge is 2.23. The van der Waals surface area contributed by atoms with Crippen molar-refractivity contribution in [1.29, 1.82) is 0 Å². The van der Waals surface area contributed by atoms with Gasteiger partial charge in [-0.1, -0.05) is 121 Å². The summed E-state index contributed by atoms with van der Waals surface area (Å²) in [7, 11) is 1.23. The number of rotatable bonds is 33. The van der Waals surface area contributed by atoms with E-state index < -0.39 is 26.6 Å². The number of hydrogen-bond acceptors (Lipinski definition) is 6. The Bertz CT molecular complexity index is 871. The first-order valence-corrected chi connectivity index (χ1v) is 20.3. The fraction of sp³-hybridized carbons (Fsp3) is 0.816. The van der Waals surface area contributed by atoms with E-state index >= 15 is 0 Å². The molecule has 0 aliphatic heterocycles. The van der Waals surface area contributed by atoms with Crippen molar-refractivity contribution in [3.8, 4) is 0 Å². The molecule has 0 aliphatic carbocycles. The third kappa shape index (κ3) is 33.0. The highest BCUT2D eigenvalue weighted by Crippen LogP contribution is 2.38. The molecule has 0 fully saturated rings. The molecule has 47 heavy (non-hydrogen) atoms. The zero-order valence-corrected chi connectivity index (χ0v) is 31.9. The summed E-state index contributed by atoms with van der Waals surface area (Å²) in [4.78, 5) is 25.1. The van der Waals surface area contributed by atoms with Gasteiger partial charge in [-0.05, 0) is 57.8 Å². The number of quaternary nitrogens is 1. The van der Waals surface area contributed by atoms with Crippen molar-refractivity contribution < 1.29 is 32.9 Å². The van der Waals surface area contributed by atoms with Gasteiger partial charge in [0.15, 0.2) is 0 Å². The van der Waals surface area contributed by atoms with Gasteiger partial charge in [0.1, 0.15) is 13.2 Å². The molecular weight excluding hydrogens is 611 g/mol. The summed E-state index contributed by atoms with van der Waals surface area (Å²) in [6, 6.07) is -0.900. The van der Waals surface area contributed by atoms with E-state index in [9.17, 15) is 19.4 Å². The molecule has 0 aromatic rings. The maximum Gasteiger partial charge on any atom is 0.268 e. The number of amides is 1. The number of nitrogens with one attached hydrogen (secondary N) is 1. The Morgan fingerprint density at radius 3 is 1.72 bits per heavy atom. The second kappa shape index (κ2) is 30.8. The van der Waals surface area contributed by atoms with Gasteiger partial charge in [0, 0.05) is 6.42 Å². The molecule has 3 atom stereocenters. The van der Waals surface area contributed by atoms with E-state index in [1.807, 2.05) is 27.2 Å². The standard InChI is InChI=1S/C38H73N2O6P/c1-6-8-10-12-14-16-18-19-20-21-22-24-26-28-30-32-38(42)39-36(35-46-47(43,44)45-34-33-40(3,4)5)37(41)31-29-27-25-23-17-15-13-11-9-7-2/h16-18,23,29,31,36-37,41H,6-15,19-22,24-28,30,32-35H2,1-5H3,(H-,39,42,43,44)/b18-16-,23-17+,31-29+. The van der Waals surface area contributed by atoms with E-state index in [4.69, 9.17) is 9.05 Å². The molecule has 0 bridgehead atoms. The smallest absolute Gasteiger partial charge is 0.268 e. The van der Waals surface area contributed by atoms with Crippen molar-refractivity contribution in [3.05, 3.63) is 36.5 Å². The predicted octanol–water partition coefficient (Wildman–Crippen LogP) is 8.94. The number of likely N-dealkylation sites (N-methyl/N-ethyl adjacent to an activating group) is 1. The van der Waals surface area contributed by atoms with Gasteiger partial charge >= 0.3 is 0 Å². The minimum atomic E-state index is -4.58. The van der Waals surface area contributed by atoms with Crippen LogP contribution in [0.2, 0.25) is 0 Å². The van der Waals surface area contributed by atoms with E-state index in [1.165, 1.54) is 89.9 Å². The molecule has 0 saturated heterocycles. The third-order valence-electron chi connectivity index (χ3n) is 8.07. The lowest BCUT2D eigenvalue weighted by atomic mass is 10.1. The number of unbranched alkanes of at least 4 members (excludes halogenated alkanes) is 16. The van der Waals surface area contributed by atoms with Gasteiger partial charge < -0.3 is 28.8 Å². The number of hydrogen-bond donors (Lipinski definition) is 2. The molecule has 9 heteroatoms. The largest absolute Gasteiger partial charge is 0.756 e. The van der Waals surface area contributed by atoms with E-state index in [0.717, 1.165) is 38.5 Å². The Kier molecular flexibility index (Phi) is 29.9. The average Bonchev–Trinajstić information content (AvgIpc) is 3.01. The van der Waals surface area contributed by atoms with Crippen LogP contribution in [0.4, 0.5) is 0 Å². The topological polar surface area (TPSA) is 108 Å². The SMILES string of the molecule is CCCCCC/C=C\CCCCCCCCCC(=O)NC(COP(=O)([O-])OCC[N+](C)(C)C)C(O)/C=C/CC/C=C/CCCCCC. The first-order chi connectivity index (χ1) is 22.5. The van der Waals surface area contributed by atoms with Gasteiger partial charge in [-0.3, -0.25) is 9.36 Å². The number of nitrogens with zero attached hydrogens (tertiary/aromatic N) is 1. The van der Waals surface area contributed by atoms with Crippen molar-refractivity contribution >= 4 is 13.7 Å². The zero-order valence-electron chi connectivity index (χ0n) is 31.0. The van der Waals surface area contributed by atoms with Crippen molar-refractivity contribution in [2.24, 2.45) is 0 Å². The Balaban J connectivity index is 4.55. The Hall–Kier alpha value is -1.28. The van der Waals surface area contributed by atoms with Crippen LogP contribution in [0.1, 0.15) is 149 Å². The first kappa shape index (κ1) is 45.7. The van der Waals surface area contributed by atoms with Crippen LogP contribution in [0, 0.1) is 0 Å². The van der Waals surface area contributed by atoms with Gasteiger partial charge in [-0.25, -0.2) is 0 Å². The van der Waals surface area contributed by atoms with Crippen LogP contribution in [0.15, 0.2) is 36.5 Å². The van der Waals surface area contributed by atoms with Crippen LogP contribution in [0.3, 0.4) is 0 Å². The summed E-state index contributed by atoms with van der Waals surface area (Å²) in [5.41, 5.74) is 0. The first-order valence-electron chi connectivity index (χ1n) is 18.9. The van der Waals surface area contributed by atoms with E-state index in [2.05, 4.69) is 43.5 Å². The molecule has 3 unspecified atom stereocenters. The monoisotopic (exact) mass is 685 g/mol. The number of carbonyl (C=O) groups excluding carboxylic acids is 1. The quantitative estimate of drug-likeness (QED) is 0.0309. The lowest BCUT2D eigenvalue weighted by Gasteiger charge is -2.29. The molecule has 0 rings (SSSR count). The normalized spacial score (nSPS) is 15.1. The molecule has 0 aromatic heterocycles. The van der Waals surface area contributed by atoms with Crippen molar-refractivity contribution in [3.63, 3.8) is 0 Å². The van der Waals surface area contributed by atoms with Crippen LogP contribution >= 0.6 is 7.82 Å². The highest BCUT2D eigenvalue weighted by atomic mass is 31.2. The van der Waals surface area contributed by atoms with E-state index in [1.54, 1.807) is 6.08 Å². The van der Waals surface area contributed by atoms with E-state index in [-0.39, 0.29) is 12.5 Å².